The SMILES string of the molecule is O=C(O)Cc1cccc(C2CCCN(S(=O)(=O)CCc3ccccc3)C2)c1. The van der Waals surface area contributed by atoms with E-state index in [-0.39, 0.29) is 18.1 Å². The molecule has 144 valence electrons. The molecule has 0 spiro atoms. The van der Waals surface area contributed by atoms with E-state index in [1.165, 1.54) is 0 Å². The molecule has 2 aromatic rings. The number of rotatable bonds is 7. The van der Waals surface area contributed by atoms with Gasteiger partial charge in [-0.15, -0.1) is 0 Å². The number of benzene rings is 2. The minimum Gasteiger partial charge on any atom is -0.481 e. The minimum absolute atomic E-state index is 0.0142. The number of hydrogen-bond acceptors (Lipinski definition) is 3. The maximum Gasteiger partial charge on any atom is 0.307 e. The van der Waals surface area contributed by atoms with E-state index in [2.05, 4.69) is 0 Å². The molecule has 1 aliphatic heterocycles. The van der Waals surface area contributed by atoms with E-state index in [0.29, 0.717) is 19.5 Å². The number of aliphatic carboxylic acids is 1. The summed E-state index contributed by atoms with van der Waals surface area (Å²) in [5.41, 5.74) is 2.80. The molecule has 1 aliphatic rings. The van der Waals surface area contributed by atoms with Crippen LogP contribution in [0.4, 0.5) is 0 Å². The van der Waals surface area contributed by atoms with Crippen LogP contribution in [0.15, 0.2) is 54.6 Å². The Morgan fingerprint density at radius 1 is 1.07 bits per heavy atom. The zero-order chi connectivity index (χ0) is 19.3. The van der Waals surface area contributed by atoms with E-state index in [1.807, 2.05) is 48.5 Å². The first kappa shape index (κ1) is 19.6. The average Bonchev–Trinajstić information content (AvgIpc) is 2.67. The molecule has 2 aromatic carbocycles. The molecule has 0 aliphatic carbocycles. The number of carboxylic acid groups (broad SMARTS) is 1. The zero-order valence-corrected chi connectivity index (χ0v) is 16.1. The van der Waals surface area contributed by atoms with Gasteiger partial charge in [0, 0.05) is 13.1 Å². The van der Waals surface area contributed by atoms with Gasteiger partial charge in [0.15, 0.2) is 0 Å². The number of carbonyl (C=O) groups is 1. The van der Waals surface area contributed by atoms with Crippen molar-refractivity contribution in [2.45, 2.75) is 31.6 Å². The highest BCUT2D eigenvalue weighted by Crippen LogP contribution is 2.29. The van der Waals surface area contributed by atoms with Crippen molar-refractivity contribution in [1.82, 2.24) is 4.31 Å². The molecule has 0 aromatic heterocycles. The molecule has 27 heavy (non-hydrogen) atoms. The topological polar surface area (TPSA) is 74.7 Å². The second-order valence-electron chi connectivity index (χ2n) is 7.06. The molecule has 1 fully saturated rings. The molecular weight excluding hydrogens is 362 g/mol. The summed E-state index contributed by atoms with van der Waals surface area (Å²) in [6.45, 7) is 1.02. The molecule has 1 saturated heterocycles. The highest BCUT2D eigenvalue weighted by Gasteiger charge is 2.29. The van der Waals surface area contributed by atoms with Gasteiger partial charge in [0.05, 0.1) is 12.2 Å². The van der Waals surface area contributed by atoms with Crippen molar-refractivity contribution in [3.05, 3.63) is 71.3 Å². The predicted molar refractivity (Wildman–Crippen MR) is 105 cm³/mol. The van der Waals surface area contributed by atoms with Gasteiger partial charge >= 0.3 is 5.97 Å². The first-order valence-electron chi connectivity index (χ1n) is 9.26. The van der Waals surface area contributed by atoms with Gasteiger partial charge in [0.1, 0.15) is 0 Å². The molecule has 0 saturated carbocycles. The third-order valence-corrected chi connectivity index (χ3v) is 6.89. The standard InChI is InChI=1S/C21H25NO4S/c23-21(24)15-18-8-4-9-19(14-18)20-10-5-12-22(16-20)27(25,26)13-11-17-6-2-1-3-7-17/h1-4,6-9,14,20H,5,10-13,15-16H2,(H,23,24). The fourth-order valence-electron chi connectivity index (χ4n) is 3.62. The first-order valence-corrected chi connectivity index (χ1v) is 10.9. The lowest BCUT2D eigenvalue weighted by molar-refractivity contribution is -0.136. The fraction of sp³-hybridized carbons (Fsp3) is 0.381. The molecule has 1 heterocycles. The largest absolute Gasteiger partial charge is 0.481 e. The van der Waals surface area contributed by atoms with Crippen molar-refractivity contribution in [3.8, 4) is 0 Å². The maximum absolute atomic E-state index is 12.8. The number of hydrogen-bond donors (Lipinski definition) is 1. The van der Waals surface area contributed by atoms with E-state index >= 15 is 0 Å². The van der Waals surface area contributed by atoms with E-state index < -0.39 is 16.0 Å². The number of nitrogens with zero attached hydrogens (tertiary/aromatic N) is 1. The highest BCUT2D eigenvalue weighted by molar-refractivity contribution is 7.89. The molecule has 1 atom stereocenters. The Labute approximate surface area is 160 Å². The smallest absolute Gasteiger partial charge is 0.307 e. The Hall–Kier alpha value is -2.18. The number of aryl methyl sites for hydroxylation is 1. The Balaban J connectivity index is 1.67. The third-order valence-electron chi connectivity index (χ3n) is 5.05. The van der Waals surface area contributed by atoms with E-state index in [9.17, 15) is 13.2 Å². The first-order chi connectivity index (χ1) is 12.9. The summed E-state index contributed by atoms with van der Waals surface area (Å²) in [6, 6.07) is 17.2. The van der Waals surface area contributed by atoms with Crippen LogP contribution in [0.3, 0.4) is 0 Å². The van der Waals surface area contributed by atoms with Crippen molar-refractivity contribution in [2.75, 3.05) is 18.8 Å². The Bertz CT molecular complexity index is 880. The van der Waals surface area contributed by atoms with Crippen LogP contribution >= 0.6 is 0 Å². The van der Waals surface area contributed by atoms with Crippen LogP contribution in [0.5, 0.6) is 0 Å². The summed E-state index contributed by atoms with van der Waals surface area (Å²) in [5, 5.41) is 8.98. The van der Waals surface area contributed by atoms with Gasteiger partial charge in [-0.1, -0.05) is 54.6 Å². The lowest BCUT2D eigenvalue weighted by Crippen LogP contribution is -2.40. The third kappa shape index (κ3) is 5.40. The molecule has 3 rings (SSSR count). The Morgan fingerprint density at radius 3 is 2.56 bits per heavy atom. The molecule has 6 heteroatoms. The molecule has 1 unspecified atom stereocenters. The van der Waals surface area contributed by atoms with Crippen LogP contribution in [-0.2, 0) is 27.7 Å². The normalized spacial score (nSPS) is 18.3. The summed E-state index contributed by atoms with van der Waals surface area (Å²) in [5.74, 6) is -0.636. The van der Waals surface area contributed by atoms with Crippen molar-refractivity contribution < 1.29 is 18.3 Å². The van der Waals surface area contributed by atoms with Crippen molar-refractivity contribution in [1.29, 1.82) is 0 Å². The number of carboxylic acids is 1. The Kier molecular flexibility index (Phi) is 6.29. The van der Waals surface area contributed by atoms with Crippen LogP contribution in [0.1, 0.15) is 35.4 Å². The number of sulfonamides is 1. The average molecular weight is 388 g/mol. The van der Waals surface area contributed by atoms with E-state index in [0.717, 1.165) is 29.5 Å². The molecule has 0 radical (unpaired) electrons. The van der Waals surface area contributed by atoms with Crippen molar-refractivity contribution in [3.63, 3.8) is 0 Å². The van der Waals surface area contributed by atoms with Gasteiger partial charge in [0.25, 0.3) is 0 Å². The second kappa shape index (κ2) is 8.67. The van der Waals surface area contributed by atoms with E-state index in [4.69, 9.17) is 5.11 Å². The van der Waals surface area contributed by atoms with Crippen LogP contribution in [0.2, 0.25) is 0 Å². The van der Waals surface area contributed by atoms with Gasteiger partial charge < -0.3 is 5.11 Å². The highest BCUT2D eigenvalue weighted by atomic mass is 32.2. The Morgan fingerprint density at radius 2 is 1.81 bits per heavy atom. The molecule has 5 nitrogen and oxygen atoms in total. The van der Waals surface area contributed by atoms with Crippen LogP contribution in [0.25, 0.3) is 0 Å². The maximum atomic E-state index is 12.8. The zero-order valence-electron chi connectivity index (χ0n) is 15.3. The van der Waals surface area contributed by atoms with Gasteiger partial charge in [-0.3, -0.25) is 4.79 Å². The van der Waals surface area contributed by atoms with Gasteiger partial charge in [0.2, 0.25) is 10.0 Å². The van der Waals surface area contributed by atoms with Gasteiger partial charge in [-0.2, -0.15) is 0 Å². The monoisotopic (exact) mass is 387 g/mol. The minimum atomic E-state index is -3.31. The lowest BCUT2D eigenvalue weighted by Gasteiger charge is -2.32. The van der Waals surface area contributed by atoms with Crippen LogP contribution < -0.4 is 0 Å². The van der Waals surface area contributed by atoms with Gasteiger partial charge in [-0.25, -0.2) is 12.7 Å². The molecule has 0 bridgehead atoms. The summed E-state index contributed by atoms with van der Waals surface area (Å²) >= 11 is 0. The van der Waals surface area contributed by atoms with Crippen molar-refractivity contribution >= 4 is 16.0 Å². The summed E-state index contributed by atoms with van der Waals surface area (Å²) in [4.78, 5) is 10.9. The molecule has 0 amide bonds. The van der Waals surface area contributed by atoms with Crippen LogP contribution in [0, 0.1) is 0 Å². The second-order valence-corrected chi connectivity index (χ2v) is 9.15. The quantitative estimate of drug-likeness (QED) is 0.792. The molecule has 1 N–H and O–H groups in total. The summed E-state index contributed by atoms with van der Waals surface area (Å²) < 4.78 is 27.2. The number of piperidine rings is 1. The summed E-state index contributed by atoms with van der Waals surface area (Å²) in [7, 11) is -3.31. The van der Waals surface area contributed by atoms with Crippen molar-refractivity contribution in [2.24, 2.45) is 0 Å². The van der Waals surface area contributed by atoms with Crippen LogP contribution in [-0.4, -0.2) is 42.6 Å². The predicted octanol–water partition coefficient (Wildman–Crippen LogP) is 3.07. The lowest BCUT2D eigenvalue weighted by atomic mass is 9.90. The van der Waals surface area contributed by atoms with E-state index in [1.54, 1.807) is 10.4 Å². The summed E-state index contributed by atoms with van der Waals surface area (Å²) in [6.07, 6.45) is 2.23. The van der Waals surface area contributed by atoms with Gasteiger partial charge in [-0.05, 0) is 41.9 Å². The fourth-order valence-corrected chi connectivity index (χ4v) is 5.19. The molecular formula is C21H25NO4S.